The lowest BCUT2D eigenvalue weighted by Gasteiger charge is -1.81. The van der Waals surface area contributed by atoms with E-state index in [1.165, 1.54) is 6.20 Å². The molecule has 0 radical (unpaired) electrons. The summed E-state index contributed by atoms with van der Waals surface area (Å²) >= 11 is 0. The van der Waals surface area contributed by atoms with Crippen LogP contribution in [-0.2, 0) is 4.79 Å². The first-order valence-corrected chi connectivity index (χ1v) is 2.87. The Morgan fingerprint density at radius 2 is 2.60 bits per heavy atom. The maximum absolute atomic E-state index is 10.1. The van der Waals surface area contributed by atoms with Crippen molar-refractivity contribution in [2.75, 3.05) is 0 Å². The number of carbonyl (C=O) groups is 1. The molecule has 0 saturated heterocycles. The van der Waals surface area contributed by atoms with E-state index in [4.69, 9.17) is 4.52 Å². The third kappa shape index (κ3) is 1.55. The molecule has 10 heavy (non-hydrogen) atoms. The predicted octanol–water partition coefficient (Wildman–Crippen LogP) is 1.28. The van der Waals surface area contributed by atoms with Gasteiger partial charge in [-0.25, -0.2) is 0 Å². The molecule has 0 spiro atoms. The largest absolute Gasteiger partial charge is 0.357 e. The summed E-state index contributed by atoms with van der Waals surface area (Å²) in [6, 6.07) is 1.69. The minimum atomic E-state index is 0.601. The molecule has 1 aromatic rings. The highest BCUT2D eigenvalue weighted by Gasteiger charge is 1.90. The van der Waals surface area contributed by atoms with Gasteiger partial charge in [-0.15, -0.1) is 0 Å². The molecule has 0 amide bonds. The van der Waals surface area contributed by atoms with Gasteiger partial charge in [0.05, 0.1) is 6.20 Å². The topological polar surface area (TPSA) is 43.1 Å². The van der Waals surface area contributed by atoms with Gasteiger partial charge in [0.2, 0.25) is 0 Å². The van der Waals surface area contributed by atoms with E-state index in [1.54, 1.807) is 19.1 Å². The van der Waals surface area contributed by atoms with Crippen LogP contribution in [0, 0.1) is 0 Å². The minimum absolute atomic E-state index is 0.601. The second kappa shape index (κ2) is 2.96. The Balaban J connectivity index is 2.80. The molecular formula is C7H7NO2. The third-order valence-corrected chi connectivity index (χ3v) is 1.01. The molecule has 0 aliphatic rings. The van der Waals surface area contributed by atoms with Crippen molar-refractivity contribution in [3.63, 3.8) is 0 Å². The van der Waals surface area contributed by atoms with Gasteiger partial charge in [0.1, 0.15) is 6.29 Å². The highest BCUT2D eigenvalue weighted by molar-refractivity contribution is 5.79. The zero-order valence-corrected chi connectivity index (χ0v) is 5.57. The van der Waals surface area contributed by atoms with Crippen molar-refractivity contribution in [2.45, 2.75) is 6.92 Å². The van der Waals surface area contributed by atoms with Crippen LogP contribution < -0.4 is 0 Å². The molecule has 0 aromatic carbocycles. The molecule has 3 heteroatoms. The van der Waals surface area contributed by atoms with Crippen molar-refractivity contribution in [2.24, 2.45) is 0 Å². The molecule has 0 fully saturated rings. The maximum Gasteiger partial charge on any atom is 0.159 e. The first-order chi connectivity index (χ1) is 4.83. The van der Waals surface area contributed by atoms with Gasteiger partial charge in [0, 0.05) is 6.07 Å². The number of carbonyl (C=O) groups excluding carboxylic acids is 1. The van der Waals surface area contributed by atoms with Crippen LogP contribution in [0.3, 0.4) is 0 Å². The van der Waals surface area contributed by atoms with Gasteiger partial charge in [-0.05, 0) is 18.6 Å². The number of aldehydes is 1. The van der Waals surface area contributed by atoms with E-state index in [1.807, 2.05) is 0 Å². The van der Waals surface area contributed by atoms with Gasteiger partial charge >= 0.3 is 0 Å². The average molecular weight is 137 g/mol. The van der Waals surface area contributed by atoms with E-state index in [0.717, 1.165) is 6.29 Å². The summed E-state index contributed by atoms with van der Waals surface area (Å²) in [5, 5.41) is 3.47. The first-order valence-electron chi connectivity index (χ1n) is 2.87. The van der Waals surface area contributed by atoms with Crippen LogP contribution in [0.1, 0.15) is 12.7 Å². The van der Waals surface area contributed by atoms with Gasteiger partial charge < -0.3 is 4.52 Å². The quantitative estimate of drug-likeness (QED) is 0.455. The van der Waals surface area contributed by atoms with Gasteiger partial charge in [0.25, 0.3) is 0 Å². The van der Waals surface area contributed by atoms with Crippen molar-refractivity contribution in [1.82, 2.24) is 5.16 Å². The first kappa shape index (κ1) is 6.74. The molecule has 3 nitrogen and oxygen atoms in total. The standard InChI is InChI=1S/C7H7NO2/c1-6(5-9)4-7-2-3-8-10-7/h2-5H,1H3. The summed E-state index contributed by atoms with van der Waals surface area (Å²) in [7, 11) is 0. The number of hydrogen-bond acceptors (Lipinski definition) is 3. The van der Waals surface area contributed by atoms with Crippen molar-refractivity contribution in [1.29, 1.82) is 0 Å². The number of aromatic nitrogens is 1. The Hall–Kier alpha value is -1.38. The number of rotatable bonds is 2. The van der Waals surface area contributed by atoms with Crippen LogP contribution in [0.25, 0.3) is 6.08 Å². The van der Waals surface area contributed by atoms with E-state index in [0.29, 0.717) is 11.3 Å². The molecule has 1 aromatic heterocycles. The fourth-order valence-electron chi connectivity index (χ4n) is 0.558. The van der Waals surface area contributed by atoms with Crippen LogP contribution in [-0.4, -0.2) is 11.4 Å². The lowest BCUT2D eigenvalue weighted by molar-refractivity contribution is -0.104. The minimum Gasteiger partial charge on any atom is -0.357 e. The highest BCUT2D eigenvalue weighted by atomic mass is 16.5. The molecule has 0 N–H and O–H groups in total. The highest BCUT2D eigenvalue weighted by Crippen LogP contribution is 2.02. The van der Waals surface area contributed by atoms with Gasteiger partial charge in [-0.1, -0.05) is 5.16 Å². The van der Waals surface area contributed by atoms with Crippen LogP contribution in [0.2, 0.25) is 0 Å². The summed E-state index contributed by atoms with van der Waals surface area (Å²) in [5.74, 6) is 0.601. The number of hydrogen-bond donors (Lipinski definition) is 0. The van der Waals surface area contributed by atoms with Gasteiger partial charge in [-0.2, -0.15) is 0 Å². The van der Waals surface area contributed by atoms with Crippen LogP contribution in [0.5, 0.6) is 0 Å². The van der Waals surface area contributed by atoms with Crippen LogP contribution >= 0.6 is 0 Å². The van der Waals surface area contributed by atoms with Crippen molar-refractivity contribution < 1.29 is 9.32 Å². The zero-order chi connectivity index (χ0) is 7.40. The Kier molecular flexibility index (Phi) is 1.99. The van der Waals surface area contributed by atoms with Crippen LogP contribution in [0.4, 0.5) is 0 Å². The average Bonchev–Trinajstić information content (AvgIpc) is 2.40. The monoisotopic (exact) mass is 137 g/mol. The third-order valence-electron chi connectivity index (χ3n) is 1.01. The molecule has 0 aliphatic heterocycles. The zero-order valence-electron chi connectivity index (χ0n) is 5.57. The Morgan fingerprint density at radius 1 is 1.80 bits per heavy atom. The summed E-state index contributed by atoms with van der Waals surface area (Å²) in [4.78, 5) is 10.1. The number of nitrogens with zero attached hydrogens (tertiary/aromatic N) is 1. The van der Waals surface area contributed by atoms with E-state index in [2.05, 4.69) is 5.16 Å². The summed E-state index contributed by atoms with van der Waals surface area (Å²) in [6.07, 6.45) is 3.92. The molecule has 0 bridgehead atoms. The molecule has 1 rings (SSSR count). The fraction of sp³-hybridized carbons (Fsp3) is 0.143. The molecule has 0 aliphatic carbocycles. The lowest BCUT2D eigenvalue weighted by Crippen LogP contribution is -1.73. The smallest absolute Gasteiger partial charge is 0.159 e. The van der Waals surface area contributed by atoms with Crippen molar-refractivity contribution in [3.05, 3.63) is 23.6 Å². The lowest BCUT2D eigenvalue weighted by atomic mass is 10.3. The molecule has 0 saturated carbocycles. The Labute approximate surface area is 58.3 Å². The second-order valence-corrected chi connectivity index (χ2v) is 1.92. The molecule has 0 unspecified atom stereocenters. The van der Waals surface area contributed by atoms with Gasteiger partial charge in [-0.3, -0.25) is 4.79 Å². The second-order valence-electron chi connectivity index (χ2n) is 1.92. The van der Waals surface area contributed by atoms with Gasteiger partial charge in [0.15, 0.2) is 5.76 Å². The Morgan fingerprint density at radius 3 is 3.10 bits per heavy atom. The molecular weight excluding hydrogens is 130 g/mol. The van der Waals surface area contributed by atoms with Crippen LogP contribution in [0.15, 0.2) is 22.4 Å². The van der Waals surface area contributed by atoms with E-state index < -0.39 is 0 Å². The molecule has 0 atom stereocenters. The van der Waals surface area contributed by atoms with E-state index in [9.17, 15) is 4.79 Å². The summed E-state index contributed by atoms with van der Waals surface area (Å²) in [5.41, 5.74) is 0.622. The van der Waals surface area contributed by atoms with Crippen molar-refractivity contribution in [3.8, 4) is 0 Å². The maximum atomic E-state index is 10.1. The van der Waals surface area contributed by atoms with Crippen molar-refractivity contribution >= 4 is 12.4 Å². The Bertz CT molecular complexity index is 236. The fourth-order valence-corrected chi connectivity index (χ4v) is 0.558. The predicted molar refractivity (Wildman–Crippen MR) is 36.2 cm³/mol. The number of allylic oxidation sites excluding steroid dienone is 1. The van der Waals surface area contributed by atoms with E-state index in [-0.39, 0.29) is 0 Å². The SMILES string of the molecule is CC(C=O)=Cc1ccno1. The normalized spacial score (nSPS) is 11.5. The summed E-state index contributed by atoms with van der Waals surface area (Å²) in [6.45, 7) is 1.70. The summed E-state index contributed by atoms with van der Waals surface area (Å²) < 4.78 is 4.72. The molecule has 1 heterocycles. The van der Waals surface area contributed by atoms with E-state index >= 15 is 0 Å². The molecule has 52 valence electrons.